The summed E-state index contributed by atoms with van der Waals surface area (Å²) in [6.07, 6.45) is 3.18. The number of hydrogen-bond acceptors (Lipinski definition) is 3. The third-order valence-electron chi connectivity index (χ3n) is 4.05. The van der Waals surface area contributed by atoms with Crippen molar-refractivity contribution in [3.8, 4) is 0 Å². The predicted octanol–water partition coefficient (Wildman–Crippen LogP) is 2.76. The summed E-state index contributed by atoms with van der Waals surface area (Å²) < 4.78 is 5.41. The number of likely N-dealkylation sites (tertiary alicyclic amines) is 1. The van der Waals surface area contributed by atoms with E-state index in [1.54, 1.807) is 4.90 Å². The van der Waals surface area contributed by atoms with E-state index in [2.05, 4.69) is 0 Å². The van der Waals surface area contributed by atoms with Gasteiger partial charge >= 0.3 is 5.97 Å². The quantitative estimate of drug-likeness (QED) is 0.938. The van der Waals surface area contributed by atoms with Crippen molar-refractivity contribution in [3.05, 3.63) is 36.1 Å². The van der Waals surface area contributed by atoms with Crippen molar-refractivity contribution in [1.29, 1.82) is 0 Å². The second-order valence-corrected chi connectivity index (χ2v) is 5.48. The number of furan rings is 1. The van der Waals surface area contributed by atoms with Crippen LogP contribution in [0.5, 0.6) is 0 Å². The van der Waals surface area contributed by atoms with Crippen molar-refractivity contribution in [2.45, 2.75) is 19.3 Å². The second kappa shape index (κ2) is 5.60. The largest absolute Gasteiger partial charge is 0.481 e. The molecule has 3 rings (SSSR count). The molecule has 1 saturated heterocycles. The van der Waals surface area contributed by atoms with Gasteiger partial charge in [0.2, 0.25) is 0 Å². The van der Waals surface area contributed by atoms with Crippen LogP contribution in [0.15, 0.2) is 34.9 Å². The zero-order chi connectivity index (χ0) is 14.8. The van der Waals surface area contributed by atoms with E-state index in [-0.39, 0.29) is 18.2 Å². The fourth-order valence-corrected chi connectivity index (χ4v) is 2.89. The molecule has 1 amide bonds. The summed E-state index contributed by atoms with van der Waals surface area (Å²) >= 11 is 0. The summed E-state index contributed by atoms with van der Waals surface area (Å²) in [4.78, 5) is 25.0. The maximum atomic E-state index is 12.6. The minimum Gasteiger partial charge on any atom is -0.481 e. The van der Waals surface area contributed by atoms with Gasteiger partial charge in [0.25, 0.3) is 5.91 Å². The fraction of sp³-hybridized carbons (Fsp3) is 0.375. The van der Waals surface area contributed by atoms with E-state index in [0.717, 1.165) is 11.8 Å². The van der Waals surface area contributed by atoms with Crippen LogP contribution in [0.3, 0.4) is 0 Å². The molecule has 0 radical (unpaired) electrons. The number of hydrogen-bond donors (Lipinski definition) is 1. The number of para-hydroxylation sites is 1. The van der Waals surface area contributed by atoms with E-state index in [1.165, 1.54) is 6.26 Å². The molecule has 1 aromatic heterocycles. The number of carboxylic acid groups (broad SMARTS) is 1. The van der Waals surface area contributed by atoms with Gasteiger partial charge in [0, 0.05) is 24.9 Å². The minimum absolute atomic E-state index is 0.0298. The Kier molecular flexibility index (Phi) is 3.64. The normalized spacial score (nSPS) is 18.3. The molecule has 2 heterocycles. The molecule has 0 aliphatic carbocycles. The molecule has 1 atom stereocenters. The van der Waals surface area contributed by atoms with Crippen molar-refractivity contribution >= 4 is 22.8 Å². The van der Waals surface area contributed by atoms with Gasteiger partial charge < -0.3 is 14.4 Å². The summed E-state index contributed by atoms with van der Waals surface area (Å²) in [6.45, 7) is 1.31. The number of aliphatic carboxylic acids is 1. The Bertz CT molecular complexity index is 676. The van der Waals surface area contributed by atoms with Crippen molar-refractivity contribution in [2.24, 2.45) is 5.92 Å². The Labute approximate surface area is 122 Å². The Hall–Kier alpha value is -2.30. The number of rotatable bonds is 4. The average molecular weight is 287 g/mol. The van der Waals surface area contributed by atoms with E-state index >= 15 is 0 Å². The smallest absolute Gasteiger partial charge is 0.303 e. The molecule has 1 aromatic carbocycles. The van der Waals surface area contributed by atoms with Gasteiger partial charge in [-0.05, 0) is 24.8 Å². The summed E-state index contributed by atoms with van der Waals surface area (Å²) in [5.41, 5.74) is 1.30. The van der Waals surface area contributed by atoms with Crippen LogP contribution in [0.2, 0.25) is 0 Å². The van der Waals surface area contributed by atoms with Crippen molar-refractivity contribution in [3.63, 3.8) is 0 Å². The molecule has 1 unspecified atom stereocenters. The molecule has 0 bridgehead atoms. The first-order valence-electron chi connectivity index (χ1n) is 7.12. The SMILES string of the molecule is O=C(O)CCC1CCN(C(=O)c2coc3ccccc23)C1. The highest BCUT2D eigenvalue weighted by Crippen LogP contribution is 2.26. The first-order valence-corrected chi connectivity index (χ1v) is 7.12. The molecule has 0 saturated carbocycles. The van der Waals surface area contributed by atoms with Crippen LogP contribution in [-0.4, -0.2) is 35.0 Å². The highest BCUT2D eigenvalue weighted by atomic mass is 16.4. The number of amides is 1. The van der Waals surface area contributed by atoms with Crippen LogP contribution < -0.4 is 0 Å². The lowest BCUT2D eigenvalue weighted by Gasteiger charge is -2.15. The Morgan fingerprint density at radius 3 is 2.95 bits per heavy atom. The van der Waals surface area contributed by atoms with Crippen LogP contribution in [0, 0.1) is 5.92 Å². The van der Waals surface area contributed by atoms with E-state index in [0.29, 0.717) is 30.7 Å². The van der Waals surface area contributed by atoms with Crippen LogP contribution in [-0.2, 0) is 4.79 Å². The maximum absolute atomic E-state index is 12.6. The molecule has 2 aromatic rings. The number of carboxylic acids is 1. The van der Waals surface area contributed by atoms with E-state index in [9.17, 15) is 9.59 Å². The van der Waals surface area contributed by atoms with Crippen molar-refractivity contribution in [1.82, 2.24) is 4.90 Å². The standard InChI is InChI=1S/C16H17NO4/c18-15(19)6-5-11-7-8-17(9-11)16(20)13-10-21-14-4-2-1-3-12(13)14/h1-4,10-11H,5-9H2,(H,18,19). The average Bonchev–Trinajstić information content (AvgIpc) is 3.11. The summed E-state index contributed by atoms with van der Waals surface area (Å²) in [6, 6.07) is 7.47. The third kappa shape index (κ3) is 2.77. The van der Waals surface area contributed by atoms with Gasteiger partial charge in [-0.1, -0.05) is 18.2 Å². The van der Waals surface area contributed by atoms with E-state index in [1.807, 2.05) is 24.3 Å². The topological polar surface area (TPSA) is 70.8 Å². The lowest BCUT2D eigenvalue weighted by atomic mass is 10.0. The van der Waals surface area contributed by atoms with E-state index in [4.69, 9.17) is 9.52 Å². The fourth-order valence-electron chi connectivity index (χ4n) is 2.89. The van der Waals surface area contributed by atoms with Crippen LogP contribution in [0.4, 0.5) is 0 Å². The molecule has 1 N–H and O–H groups in total. The van der Waals surface area contributed by atoms with Gasteiger partial charge in [0.1, 0.15) is 11.8 Å². The molecule has 1 aliphatic rings. The van der Waals surface area contributed by atoms with Crippen LogP contribution >= 0.6 is 0 Å². The van der Waals surface area contributed by atoms with Crippen LogP contribution in [0.25, 0.3) is 11.0 Å². The number of benzene rings is 1. The van der Waals surface area contributed by atoms with Crippen LogP contribution in [0.1, 0.15) is 29.6 Å². The molecule has 0 spiro atoms. The number of fused-ring (bicyclic) bond motifs is 1. The molecule has 110 valence electrons. The second-order valence-electron chi connectivity index (χ2n) is 5.48. The van der Waals surface area contributed by atoms with Gasteiger partial charge in [-0.2, -0.15) is 0 Å². The number of nitrogens with zero attached hydrogens (tertiary/aromatic N) is 1. The van der Waals surface area contributed by atoms with Crippen molar-refractivity contribution < 1.29 is 19.1 Å². The first kappa shape index (κ1) is 13.7. The zero-order valence-electron chi connectivity index (χ0n) is 11.6. The maximum Gasteiger partial charge on any atom is 0.303 e. The molecule has 1 aliphatic heterocycles. The summed E-state index contributed by atoms with van der Waals surface area (Å²) in [5, 5.41) is 9.55. The molecular weight excluding hydrogens is 270 g/mol. The number of carbonyl (C=O) groups excluding carboxylic acids is 1. The lowest BCUT2D eigenvalue weighted by molar-refractivity contribution is -0.137. The zero-order valence-corrected chi connectivity index (χ0v) is 11.6. The molecule has 21 heavy (non-hydrogen) atoms. The molecule has 1 fully saturated rings. The Morgan fingerprint density at radius 1 is 1.33 bits per heavy atom. The van der Waals surface area contributed by atoms with Gasteiger partial charge in [0.15, 0.2) is 0 Å². The van der Waals surface area contributed by atoms with Gasteiger partial charge in [-0.15, -0.1) is 0 Å². The minimum atomic E-state index is -0.777. The summed E-state index contributed by atoms with van der Waals surface area (Å²) in [5.74, 6) is -0.526. The molecule has 5 nitrogen and oxygen atoms in total. The Balaban J connectivity index is 1.70. The van der Waals surface area contributed by atoms with Gasteiger partial charge in [0.05, 0.1) is 5.56 Å². The monoisotopic (exact) mass is 287 g/mol. The highest BCUT2D eigenvalue weighted by molar-refractivity contribution is 6.05. The lowest BCUT2D eigenvalue weighted by Crippen LogP contribution is -2.28. The first-order chi connectivity index (χ1) is 10.1. The van der Waals surface area contributed by atoms with Crippen molar-refractivity contribution in [2.75, 3.05) is 13.1 Å². The molecule has 5 heteroatoms. The van der Waals surface area contributed by atoms with Gasteiger partial charge in [-0.25, -0.2) is 0 Å². The third-order valence-corrected chi connectivity index (χ3v) is 4.05. The molecular formula is C16H17NO4. The van der Waals surface area contributed by atoms with E-state index < -0.39 is 5.97 Å². The van der Waals surface area contributed by atoms with Gasteiger partial charge in [-0.3, -0.25) is 9.59 Å². The summed E-state index contributed by atoms with van der Waals surface area (Å²) in [7, 11) is 0. The predicted molar refractivity (Wildman–Crippen MR) is 77.1 cm³/mol. The highest BCUT2D eigenvalue weighted by Gasteiger charge is 2.28. The Morgan fingerprint density at radius 2 is 2.14 bits per heavy atom. The number of carbonyl (C=O) groups is 2.